The average Bonchev–Trinajstić information content (AvgIpc) is 3.13. The number of hydrogen-bond acceptors (Lipinski definition) is 6. The smallest absolute Gasteiger partial charge is 0.332 e. The van der Waals surface area contributed by atoms with Gasteiger partial charge in [0.25, 0.3) is 5.56 Å². The van der Waals surface area contributed by atoms with Crippen molar-refractivity contribution in [3.05, 3.63) is 86.6 Å². The number of fused-ring (bicyclic) bond motifs is 1. The van der Waals surface area contributed by atoms with Crippen LogP contribution in [0.15, 0.2) is 69.3 Å². The van der Waals surface area contributed by atoms with Crippen molar-refractivity contribution in [2.45, 2.75) is 6.54 Å². The zero-order valence-electron chi connectivity index (χ0n) is 18.5. The second kappa shape index (κ2) is 8.54. The van der Waals surface area contributed by atoms with Gasteiger partial charge in [-0.25, -0.2) is 10.2 Å². The van der Waals surface area contributed by atoms with E-state index in [1.54, 1.807) is 24.9 Å². The van der Waals surface area contributed by atoms with Gasteiger partial charge in [0, 0.05) is 33.9 Å². The van der Waals surface area contributed by atoms with E-state index in [0.717, 1.165) is 16.8 Å². The summed E-state index contributed by atoms with van der Waals surface area (Å²) in [4.78, 5) is 32.4. The lowest BCUT2D eigenvalue weighted by Gasteiger charge is -2.11. The van der Waals surface area contributed by atoms with Crippen LogP contribution >= 0.6 is 0 Å². The minimum absolute atomic E-state index is 0.192. The van der Waals surface area contributed by atoms with Gasteiger partial charge in [-0.05, 0) is 23.3 Å². The molecule has 0 radical (unpaired) electrons. The molecule has 0 atom stereocenters. The maximum absolute atomic E-state index is 13.1. The lowest BCUT2D eigenvalue weighted by molar-refractivity contribution is 0.655. The molecule has 0 saturated heterocycles. The zero-order chi connectivity index (χ0) is 22.8. The number of hydrogen-bond donors (Lipinski definition) is 1. The lowest BCUT2D eigenvalue weighted by atomic mass is 10.2. The summed E-state index contributed by atoms with van der Waals surface area (Å²) in [5, 5.41) is 4.25. The molecule has 0 unspecified atom stereocenters. The molecule has 1 N–H and O–H groups in total. The third-order valence-electron chi connectivity index (χ3n) is 5.33. The molecule has 0 fully saturated rings. The highest BCUT2D eigenvalue weighted by Gasteiger charge is 2.18. The Morgan fingerprint density at radius 2 is 1.69 bits per heavy atom. The standard InChI is InChI=1S/C23H25N7O2/c1-27(2)18-12-10-16(11-13-18)14-24-26-22-25-20-19(28(22)3)21(31)30(23(32)29(20)4)15-17-8-6-5-7-9-17/h5-14H,15H2,1-4H3,(H,25,26)/b24-14-. The molecule has 0 spiro atoms. The van der Waals surface area contributed by atoms with Gasteiger partial charge in [-0.3, -0.25) is 13.9 Å². The van der Waals surface area contributed by atoms with Crippen molar-refractivity contribution >= 4 is 29.0 Å². The lowest BCUT2D eigenvalue weighted by Crippen LogP contribution is -2.39. The summed E-state index contributed by atoms with van der Waals surface area (Å²) in [5.41, 5.74) is 5.59. The summed E-state index contributed by atoms with van der Waals surface area (Å²) in [5.74, 6) is 0.366. The van der Waals surface area contributed by atoms with Crippen molar-refractivity contribution in [2.75, 3.05) is 24.4 Å². The fraction of sp³-hybridized carbons (Fsp3) is 0.217. The highest BCUT2D eigenvalue weighted by Crippen LogP contribution is 2.14. The molecule has 0 saturated carbocycles. The van der Waals surface area contributed by atoms with Crippen molar-refractivity contribution in [2.24, 2.45) is 19.2 Å². The summed E-state index contributed by atoms with van der Waals surface area (Å²) in [6, 6.07) is 17.3. The van der Waals surface area contributed by atoms with Crippen LogP contribution in [-0.2, 0) is 20.6 Å². The van der Waals surface area contributed by atoms with Crippen LogP contribution < -0.4 is 21.6 Å². The quantitative estimate of drug-likeness (QED) is 0.373. The Labute approximate surface area is 184 Å². The van der Waals surface area contributed by atoms with Crippen LogP contribution in [0.2, 0.25) is 0 Å². The van der Waals surface area contributed by atoms with Gasteiger partial charge < -0.3 is 9.47 Å². The number of nitrogens with one attached hydrogen (secondary N) is 1. The molecule has 0 aliphatic carbocycles. The Balaban J connectivity index is 1.66. The Hall–Kier alpha value is -4.14. The van der Waals surface area contributed by atoms with E-state index in [4.69, 9.17) is 0 Å². The number of benzene rings is 2. The summed E-state index contributed by atoms with van der Waals surface area (Å²) < 4.78 is 4.22. The molecule has 9 heteroatoms. The third-order valence-corrected chi connectivity index (χ3v) is 5.33. The monoisotopic (exact) mass is 431 g/mol. The molecule has 4 rings (SSSR count). The van der Waals surface area contributed by atoms with Gasteiger partial charge >= 0.3 is 5.69 Å². The highest BCUT2D eigenvalue weighted by atomic mass is 16.2. The van der Waals surface area contributed by atoms with Gasteiger partial charge in [0.2, 0.25) is 5.95 Å². The molecular formula is C23H25N7O2. The van der Waals surface area contributed by atoms with Gasteiger partial charge in [-0.15, -0.1) is 0 Å². The molecule has 9 nitrogen and oxygen atoms in total. The Kier molecular flexibility index (Phi) is 5.63. The van der Waals surface area contributed by atoms with E-state index in [1.807, 2.05) is 73.6 Å². The molecular weight excluding hydrogens is 406 g/mol. The number of anilines is 2. The van der Waals surface area contributed by atoms with E-state index < -0.39 is 11.2 Å². The number of hydrazone groups is 1. The van der Waals surface area contributed by atoms with Crippen LogP contribution in [0.3, 0.4) is 0 Å². The van der Waals surface area contributed by atoms with Gasteiger partial charge in [0.1, 0.15) is 0 Å². The normalized spacial score (nSPS) is 11.4. The molecule has 2 aromatic carbocycles. The number of aryl methyl sites for hydroxylation is 2. The third kappa shape index (κ3) is 3.92. The van der Waals surface area contributed by atoms with Crippen molar-refractivity contribution in [1.82, 2.24) is 18.7 Å². The molecule has 2 aromatic heterocycles. The summed E-state index contributed by atoms with van der Waals surface area (Å²) in [7, 11) is 7.30. The maximum Gasteiger partial charge on any atom is 0.332 e. The van der Waals surface area contributed by atoms with E-state index in [0.29, 0.717) is 17.1 Å². The number of rotatable bonds is 6. The topological polar surface area (TPSA) is 89.5 Å². The van der Waals surface area contributed by atoms with Crippen molar-refractivity contribution in [3.63, 3.8) is 0 Å². The number of imidazole rings is 1. The first-order valence-corrected chi connectivity index (χ1v) is 10.1. The molecule has 32 heavy (non-hydrogen) atoms. The second-order valence-electron chi connectivity index (χ2n) is 7.74. The minimum Gasteiger partial charge on any atom is -0.378 e. The van der Waals surface area contributed by atoms with Crippen LogP contribution in [0.25, 0.3) is 11.2 Å². The molecule has 0 amide bonds. The number of aromatic nitrogens is 4. The van der Waals surface area contributed by atoms with Gasteiger partial charge in [0.15, 0.2) is 11.2 Å². The first kappa shape index (κ1) is 21.1. The number of nitrogens with zero attached hydrogens (tertiary/aromatic N) is 6. The van der Waals surface area contributed by atoms with Crippen molar-refractivity contribution in [1.29, 1.82) is 0 Å². The van der Waals surface area contributed by atoms with Gasteiger partial charge in [-0.2, -0.15) is 10.1 Å². The summed E-state index contributed by atoms with van der Waals surface area (Å²) in [6.07, 6.45) is 1.67. The van der Waals surface area contributed by atoms with Crippen LogP contribution in [0.1, 0.15) is 11.1 Å². The van der Waals surface area contributed by atoms with E-state index in [9.17, 15) is 9.59 Å². The molecule has 0 aliphatic heterocycles. The Bertz CT molecular complexity index is 1400. The van der Waals surface area contributed by atoms with Gasteiger partial charge in [0.05, 0.1) is 12.8 Å². The van der Waals surface area contributed by atoms with Crippen LogP contribution in [0, 0.1) is 0 Å². The fourth-order valence-corrected chi connectivity index (χ4v) is 3.47. The summed E-state index contributed by atoms with van der Waals surface area (Å²) >= 11 is 0. The fourth-order valence-electron chi connectivity index (χ4n) is 3.47. The molecule has 4 aromatic rings. The SMILES string of the molecule is CN(C)c1ccc(/C=N\Nc2nc3c(c(=O)n(Cc4ccccc4)c(=O)n3C)n2C)cc1. The first-order chi connectivity index (χ1) is 15.4. The maximum atomic E-state index is 13.1. The molecule has 2 heterocycles. The zero-order valence-corrected chi connectivity index (χ0v) is 18.5. The Morgan fingerprint density at radius 1 is 1.00 bits per heavy atom. The Morgan fingerprint density at radius 3 is 2.34 bits per heavy atom. The summed E-state index contributed by atoms with van der Waals surface area (Å²) in [6.45, 7) is 0.192. The first-order valence-electron chi connectivity index (χ1n) is 10.1. The van der Waals surface area contributed by atoms with Crippen molar-refractivity contribution in [3.8, 4) is 0 Å². The second-order valence-corrected chi connectivity index (χ2v) is 7.74. The molecule has 0 aliphatic rings. The molecule has 164 valence electrons. The van der Waals surface area contributed by atoms with Crippen molar-refractivity contribution < 1.29 is 0 Å². The predicted octanol–water partition coefficient (Wildman–Crippen LogP) is 1.99. The van der Waals surface area contributed by atoms with E-state index >= 15 is 0 Å². The van der Waals surface area contributed by atoms with E-state index in [-0.39, 0.29) is 6.54 Å². The van der Waals surface area contributed by atoms with Crippen LogP contribution in [0.4, 0.5) is 11.6 Å². The molecule has 0 bridgehead atoms. The van der Waals surface area contributed by atoms with Crippen LogP contribution in [0.5, 0.6) is 0 Å². The van der Waals surface area contributed by atoms with E-state index in [2.05, 4.69) is 15.5 Å². The van der Waals surface area contributed by atoms with Gasteiger partial charge in [-0.1, -0.05) is 42.5 Å². The minimum atomic E-state index is -0.416. The average molecular weight is 432 g/mol. The largest absolute Gasteiger partial charge is 0.378 e. The predicted molar refractivity (Wildman–Crippen MR) is 128 cm³/mol. The highest BCUT2D eigenvalue weighted by molar-refractivity contribution is 5.81. The van der Waals surface area contributed by atoms with Crippen LogP contribution in [-0.4, -0.2) is 39.0 Å². The van der Waals surface area contributed by atoms with E-state index in [1.165, 1.54) is 9.13 Å².